The van der Waals surface area contributed by atoms with Crippen LogP contribution < -0.4 is 11.1 Å². The number of esters is 2. The molecule has 288 valence electrons. The van der Waals surface area contributed by atoms with Gasteiger partial charge in [-0.05, 0) is 97.7 Å². The zero-order valence-corrected chi connectivity index (χ0v) is 32.8. The fourth-order valence-corrected chi connectivity index (χ4v) is 12.3. The quantitative estimate of drug-likeness (QED) is 0.118. The predicted octanol–water partition coefficient (Wildman–Crippen LogP) is 6.44. The van der Waals surface area contributed by atoms with E-state index >= 15 is 0 Å². The minimum Gasteiger partial charge on any atom is -0.481 e. The summed E-state index contributed by atoms with van der Waals surface area (Å²) in [5.41, 5.74) is 5.66. The van der Waals surface area contributed by atoms with Crippen LogP contribution in [0, 0.1) is 56.7 Å². The zero-order valence-electron chi connectivity index (χ0n) is 32.8. The van der Waals surface area contributed by atoms with E-state index in [0.717, 1.165) is 25.7 Å². The third-order valence-electron chi connectivity index (χ3n) is 15.5. The molecule has 0 aromatic rings. The van der Waals surface area contributed by atoms with Crippen LogP contribution in [0.25, 0.3) is 0 Å². The molecular formula is C41H66N2O8. The van der Waals surface area contributed by atoms with Gasteiger partial charge in [0, 0.05) is 30.7 Å². The Morgan fingerprint density at radius 2 is 1.73 bits per heavy atom. The van der Waals surface area contributed by atoms with E-state index in [0.29, 0.717) is 64.2 Å². The minimum atomic E-state index is -0.836. The maximum Gasteiger partial charge on any atom is 0.323 e. The fourth-order valence-electron chi connectivity index (χ4n) is 12.3. The molecule has 0 radical (unpaired) electrons. The molecule has 4 fully saturated rings. The third-order valence-corrected chi connectivity index (χ3v) is 15.5. The largest absolute Gasteiger partial charge is 0.481 e. The number of rotatable bonds is 12. The Hall–Kier alpha value is -2.46. The van der Waals surface area contributed by atoms with Gasteiger partial charge in [0.15, 0.2) is 0 Å². The number of unbranched alkanes of at least 4 members (excludes halogenated alkanes) is 1. The zero-order chi connectivity index (χ0) is 37.7. The molecule has 3 saturated carbocycles. The molecule has 1 aliphatic heterocycles. The topological polar surface area (TPSA) is 154 Å². The molecule has 4 N–H and O–H groups in total. The van der Waals surface area contributed by atoms with Crippen molar-refractivity contribution in [3.63, 3.8) is 0 Å². The van der Waals surface area contributed by atoms with E-state index in [1.165, 1.54) is 12.5 Å². The van der Waals surface area contributed by atoms with Crippen LogP contribution in [-0.4, -0.2) is 66.9 Å². The normalized spacial score (nSPS) is 41.2. The number of aliphatic carboxylic acids is 1. The second-order valence-electron chi connectivity index (χ2n) is 18.4. The van der Waals surface area contributed by atoms with Gasteiger partial charge in [-0.1, -0.05) is 67.0 Å². The first-order chi connectivity index (χ1) is 23.8. The Labute approximate surface area is 305 Å². The highest BCUT2D eigenvalue weighted by atomic mass is 16.6. The molecule has 0 aromatic heterocycles. The number of ether oxygens (including phenoxy) is 3. The minimum absolute atomic E-state index is 0.00450. The van der Waals surface area contributed by atoms with Crippen molar-refractivity contribution in [2.45, 2.75) is 145 Å². The number of nitrogens with two attached hydrogens (primary N) is 1. The van der Waals surface area contributed by atoms with Crippen LogP contribution in [0.1, 0.15) is 127 Å². The van der Waals surface area contributed by atoms with Gasteiger partial charge in [0.2, 0.25) is 5.91 Å². The van der Waals surface area contributed by atoms with E-state index < -0.39 is 58.3 Å². The summed E-state index contributed by atoms with van der Waals surface area (Å²) in [5, 5.41) is 13.8. The van der Waals surface area contributed by atoms with Crippen molar-refractivity contribution >= 4 is 23.8 Å². The molecule has 0 aromatic carbocycles. The second kappa shape index (κ2) is 14.4. The van der Waals surface area contributed by atoms with Gasteiger partial charge in [0.05, 0.1) is 19.1 Å². The SMILES string of the molecule is CCC(=O)NCCCCC(N)C(=O)O[C@H]1[C@H](OC(C)=O)C[C@]23COC[C@]1(C)[C@@H]2CC[C@H]1C3=CC[C@@]2(C)[C@H](C(=O)O)[C@@](C)([C@H](C)C(C)C)CC[C@]12C. The van der Waals surface area contributed by atoms with Crippen molar-refractivity contribution in [3.05, 3.63) is 11.6 Å². The smallest absolute Gasteiger partial charge is 0.323 e. The van der Waals surface area contributed by atoms with Gasteiger partial charge in [-0.3, -0.25) is 19.2 Å². The maximum absolute atomic E-state index is 13.6. The molecule has 10 heteroatoms. The van der Waals surface area contributed by atoms with Gasteiger partial charge in [-0.15, -0.1) is 0 Å². The first kappa shape index (κ1) is 39.7. The van der Waals surface area contributed by atoms with Crippen LogP contribution >= 0.6 is 0 Å². The summed E-state index contributed by atoms with van der Waals surface area (Å²) in [6.07, 6.45) is 8.00. The van der Waals surface area contributed by atoms with Crippen LogP contribution in [-0.2, 0) is 33.4 Å². The molecule has 0 spiro atoms. The van der Waals surface area contributed by atoms with Crippen molar-refractivity contribution < 1.29 is 38.5 Å². The average Bonchev–Trinajstić information content (AvgIpc) is 3.05. The number of carboxylic acid groups (broad SMARTS) is 1. The van der Waals surface area contributed by atoms with Crippen LogP contribution in [0.2, 0.25) is 0 Å². The van der Waals surface area contributed by atoms with E-state index in [9.17, 15) is 24.3 Å². The molecular weight excluding hydrogens is 648 g/mol. The lowest BCUT2D eigenvalue weighted by atomic mass is 9.34. The Morgan fingerprint density at radius 3 is 2.35 bits per heavy atom. The van der Waals surface area contributed by atoms with Crippen molar-refractivity contribution in [3.8, 4) is 0 Å². The van der Waals surface area contributed by atoms with Gasteiger partial charge in [-0.25, -0.2) is 0 Å². The van der Waals surface area contributed by atoms with E-state index in [1.54, 1.807) is 6.92 Å². The number of hydrogen-bond donors (Lipinski definition) is 3. The highest BCUT2D eigenvalue weighted by molar-refractivity contribution is 5.76. The molecule has 1 unspecified atom stereocenters. The van der Waals surface area contributed by atoms with Crippen LogP contribution in [0.15, 0.2) is 11.6 Å². The summed E-state index contributed by atoms with van der Waals surface area (Å²) in [6.45, 7) is 20.2. The standard InChI is InChI=1S/C41H66N2O8/c1-10-32(45)43-20-12-11-13-29(42)36(48)51-34-30(50-26(5)44)21-41-23-49-22-38(34,7)31(41)15-14-27-28(41)16-17-40(9)33(35(46)47)37(6,25(4)24(2)3)18-19-39(27,40)8/h16,24-25,27,29-31,33-34H,10-15,17-23,42H2,1-9H3,(H,43,45)(H,46,47)/t25-,27+,29?,30-,31+,33-,34+,37-,38-,39-,40+,41-/m1/s1. The van der Waals surface area contributed by atoms with E-state index in [-0.39, 0.29) is 34.5 Å². The number of hydrogen-bond acceptors (Lipinski definition) is 8. The molecule has 12 atom stereocenters. The molecule has 51 heavy (non-hydrogen) atoms. The summed E-state index contributed by atoms with van der Waals surface area (Å²) in [7, 11) is 0. The Kier molecular flexibility index (Phi) is 11.2. The molecule has 4 aliphatic carbocycles. The van der Waals surface area contributed by atoms with Crippen LogP contribution in [0.5, 0.6) is 0 Å². The van der Waals surface area contributed by atoms with E-state index in [4.69, 9.17) is 19.9 Å². The van der Waals surface area contributed by atoms with Crippen LogP contribution in [0.4, 0.5) is 0 Å². The number of carbonyl (C=O) groups is 4. The Bertz CT molecular complexity index is 1400. The van der Waals surface area contributed by atoms with Gasteiger partial charge in [-0.2, -0.15) is 0 Å². The average molecular weight is 715 g/mol. The van der Waals surface area contributed by atoms with Crippen LogP contribution in [0.3, 0.4) is 0 Å². The molecule has 1 amide bonds. The predicted molar refractivity (Wildman–Crippen MR) is 194 cm³/mol. The molecule has 1 heterocycles. The lowest BCUT2D eigenvalue weighted by Crippen LogP contribution is -2.70. The second-order valence-corrected chi connectivity index (χ2v) is 18.4. The molecule has 10 nitrogen and oxygen atoms in total. The summed E-state index contributed by atoms with van der Waals surface area (Å²) in [4.78, 5) is 51.1. The lowest BCUT2D eigenvalue weighted by Gasteiger charge is -2.71. The van der Waals surface area contributed by atoms with Gasteiger partial charge >= 0.3 is 17.9 Å². The first-order valence-electron chi connectivity index (χ1n) is 19.7. The van der Waals surface area contributed by atoms with Crippen molar-refractivity contribution in [1.82, 2.24) is 5.32 Å². The number of nitrogens with one attached hydrogen (secondary N) is 1. The van der Waals surface area contributed by atoms with Crippen molar-refractivity contribution in [2.24, 2.45) is 62.4 Å². The molecule has 1 saturated heterocycles. The highest BCUT2D eigenvalue weighted by Crippen LogP contribution is 2.75. The molecule has 2 bridgehead atoms. The summed E-state index contributed by atoms with van der Waals surface area (Å²) in [5.74, 6) is -1.16. The van der Waals surface area contributed by atoms with Gasteiger partial charge in [0.25, 0.3) is 0 Å². The first-order valence-corrected chi connectivity index (χ1v) is 19.7. The Morgan fingerprint density at radius 1 is 1.02 bits per heavy atom. The lowest BCUT2D eigenvalue weighted by molar-refractivity contribution is -0.263. The molecule has 5 rings (SSSR count). The van der Waals surface area contributed by atoms with E-state index in [2.05, 4.69) is 59.9 Å². The highest BCUT2D eigenvalue weighted by Gasteiger charge is 2.72. The number of fused-ring (bicyclic) bond motifs is 3. The van der Waals surface area contributed by atoms with Crippen molar-refractivity contribution in [1.29, 1.82) is 0 Å². The fraction of sp³-hybridized carbons (Fsp3) is 0.854. The molecule has 5 aliphatic rings. The van der Waals surface area contributed by atoms with Gasteiger partial charge in [0.1, 0.15) is 18.2 Å². The maximum atomic E-state index is 13.6. The van der Waals surface area contributed by atoms with Crippen molar-refractivity contribution in [2.75, 3.05) is 19.8 Å². The number of carbonyl (C=O) groups excluding carboxylic acids is 3. The number of amides is 1. The van der Waals surface area contributed by atoms with E-state index in [1.807, 2.05) is 0 Å². The summed E-state index contributed by atoms with van der Waals surface area (Å²) in [6, 6.07) is -0.836. The summed E-state index contributed by atoms with van der Waals surface area (Å²) >= 11 is 0. The number of carboxylic acids is 1. The summed E-state index contributed by atoms with van der Waals surface area (Å²) < 4.78 is 18.9. The van der Waals surface area contributed by atoms with Gasteiger partial charge < -0.3 is 30.4 Å². The monoisotopic (exact) mass is 714 g/mol. The Balaban J connectivity index is 1.45. The third kappa shape index (κ3) is 6.46. The number of allylic oxidation sites excluding steroid dienone is 1.